The Bertz CT molecular complexity index is 1450. The van der Waals surface area contributed by atoms with Gasteiger partial charge in [0.1, 0.15) is 17.5 Å². The van der Waals surface area contributed by atoms with Crippen molar-refractivity contribution in [2.75, 3.05) is 16.6 Å². The Kier molecular flexibility index (Phi) is 8.75. The van der Waals surface area contributed by atoms with Crippen LogP contribution in [0.4, 0.5) is 18.9 Å². The summed E-state index contributed by atoms with van der Waals surface area (Å²) in [7, 11) is -4.41. The minimum atomic E-state index is -4.70. The summed E-state index contributed by atoms with van der Waals surface area (Å²) in [5, 5.41) is 0. The fraction of sp³-hybridized carbons (Fsp3) is 0.345. The smallest absolute Gasteiger partial charge is 0.416 e. The lowest BCUT2D eigenvalue weighted by atomic mass is 10.1. The molecule has 0 bridgehead atoms. The first-order valence-electron chi connectivity index (χ1n) is 12.6. The van der Waals surface area contributed by atoms with E-state index in [1.54, 1.807) is 44.7 Å². The summed E-state index contributed by atoms with van der Waals surface area (Å²) in [5.74, 6) is 0.900. The van der Waals surface area contributed by atoms with Crippen LogP contribution >= 0.6 is 11.8 Å². The number of fused-ring (bicyclic) bond motifs is 1. The fourth-order valence-electron chi connectivity index (χ4n) is 4.17. The van der Waals surface area contributed by atoms with E-state index in [1.165, 1.54) is 6.07 Å². The molecule has 1 aliphatic heterocycles. The zero-order valence-corrected chi connectivity index (χ0v) is 23.9. The molecule has 1 aliphatic rings. The predicted octanol–water partition coefficient (Wildman–Crippen LogP) is 6.48. The highest BCUT2D eigenvalue weighted by atomic mass is 32.2. The van der Waals surface area contributed by atoms with Gasteiger partial charge in [0.15, 0.2) is 0 Å². The molecular formula is C29H30F3NO5S2. The van der Waals surface area contributed by atoms with Crippen LogP contribution in [0.3, 0.4) is 0 Å². The molecule has 0 fully saturated rings. The number of halogens is 3. The van der Waals surface area contributed by atoms with E-state index in [0.29, 0.717) is 23.1 Å². The van der Waals surface area contributed by atoms with Crippen molar-refractivity contribution in [2.24, 2.45) is 0 Å². The molecule has 214 valence electrons. The zero-order valence-electron chi connectivity index (χ0n) is 22.3. The van der Waals surface area contributed by atoms with Crippen LogP contribution in [0.5, 0.6) is 5.75 Å². The zero-order chi connectivity index (χ0) is 29.1. The molecule has 0 saturated heterocycles. The van der Waals surface area contributed by atoms with Gasteiger partial charge in [-0.2, -0.15) is 24.9 Å². The summed E-state index contributed by atoms with van der Waals surface area (Å²) in [6.07, 6.45) is -5.37. The number of nitrogens with zero attached hydrogens (tertiary/aromatic N) is 1. The number of rotatable bonds is 8. The number of esters is 1. The van der Waals surface area contributed by atoms with Crippen molar-refractivity contribution >= 4 is 33.4 Å². The van der Waals surface area contributed by atoms with Gasteiger partial charge in [-0.15, -0.1) is 0 Å². The summed E-state index contributed by atoms with van der Waals surface area (Å²) in [5.41, 5.74) is -0.0158. The molecule has 0 N–H and O–H groups in total. The van der Waals surface area contributed by atoms with Crippen LogP contribution in [-0.4, -0.2) is 38.4 Å². The van der Waals surface area contributed by atoms with Crippen molar-refractivity contribution in [2.45, 2.75) is 55.7 Å². The van der Waals surface area contributed by atoms with Crippen LogP contribution in [0.15, 0.2) is 77.7 Å². The molecule has 1 atom stereocenters. The summed E-state index contributed by atoms with van der Waals surface area (Å²) in [4.78, 5) is 11.9. The molecular weight excluding hydrogens is 563 g/mol. The van der Waals surface area contributed by atoms with E-state index in [9.17, 15) is 26.4 Å². The van der Waals surface area contributed by atoms with Crippen LogP contribution < -0.4 is 9.04 Å². The van der Waals surface area contributed by atoms with Crippen LogP contribution in [-0.2, 0) is 37.9 Å². The molecule has 1 heterocycles. The highest BCUT2D eigenvalue weighted by Gasteiger charge is 2.37. The number of carbonyl (C=O) groups is 1. The Morgan fingerprint density at radius 3 is 2.40 bits per heavy atom. The molecule has 40 heavy (non-hydrogen) atoms. The average Bonchev–Trinajstić information content (AvgIpc) is 2.87. The van der Waals surface area contributed by atoms with Crippen molar-refractivity contribution in [3.63, 3.8) is 0 Å². The van der Waals surface area contributed by atoms with Gasteiger partial charge in [-0.05, 0) is 62.2 Å². The van der Waals surface area contributed by atoms with E-state index in [2.05, 4.69) is 0 Å². The van der Waals surface area contributed by atoms with Gasteiger partial charge in [-0.1, -0.05) is 42.5 Å². The number of ether oxygens (including phenoxy) is 2. The van der Waals surface area contributed by atoms with Crippen molar-refractivity contribution in [3.8, 4) is 5.75 Å². The number of thioether (sulfide) groups is 1. The first-order chi connectivity index (χ1) is 18.7. The average molecular weight is 594 g/mol. The lowest BCUT2D eigenvalue weighted by Gasteiger charge is -2.36. The predicted molar refractivity (Wildman–Crippen MR) is 149 cm³/mol. The Labute approximate surface area is 236 Å². The maximum atomic E-state index is 13.8. The molecule has 0 saturated carbocycles. The molecule has 0 amide bonds. The molecule has 0 spiro atoms. The standard InChI is InChI=1S/C29H30F3NO5S2/c1-28(2,3)38-27(34)15-21-12-13-26-25(14-21)33(17-23(37-26)19-39-18-20-8-5-4-6-9-20)40(35,36)24-11-7-10-22(16-24)29(30,31)32/h4-14,16,23H,15,17-19H2,1-3H3/t23-/m1/s1. The van der Waals surface area contributed by atoms with Crippen LogP contribution in [0.1, 0.15) is 37.5 Å². The Morgan fingerprint density at radius 2 is 1.73 bits per heavy atom. The number of anilines is 1. The molecule has 0 unspecified atom stereocenters. The maximum Gasteiger partial charge on any atom is 0.416 e. The van der Waals surface area contributed by atoms with E-state index < -0.39 is 44.3 Å². The van der Waals surface area contributed by atoms with Gasteiger partial charge in [-0.3, -0.25) is 9.10 Å². The molecule has 4 rings (SSSR count). The van der Waals surface area contributed by atoms with E-state index in [4.69, 9.17) is 9.47 Å². The van der Waals surface area contributed by atoms with Crippen molar-refractivity contribution in [3.05, 3.63) is 89.5 Å². The third-order valence-electron chi connectivity index (χ3n) is 5.89. The van der Waals surface area contributed by atoms with Gasteiger partial charge in [0.25, 0.3) is 10.0 Å². The van der Waals surface area contributed by atoms with Gasteiger partial charge < -0.3 is 9.47 Å². The van der Waals surface area contributed by atoms with Gasteiger partial charge in [0.05, 0.1) is 29.1 Å². The first kappa shape index (κ1) is 29.8. The van der Waals surface area contributed by atoms with E-state index in [0.717, 1.165) is 28.1 Å². The minimum absolute atomic E-state index is 0.108. The lowest BCUT2D eigenvalue weighted by molar-refractivity contribution is -0.153. The van der Waals surface area contributed by atoms with Crippen molar-refractivity contribution in [1.82, 2.24) is 0 Å². The van der Waals surface area contributed by atoms with Crippen LogP contribution in [0.2, 0.25) is 0 Å². The second kappa shape index (κ2) is 11.7. The maximum absolute atomic E-state index is 13.8. The summed E-state index contributed by atoms with van der Waals surface area (Å²) in [6.45, 7) is 5.12. The number of alkyl halides is 3. The highest BCUT2D eigenvalue weighted by molar-refractivity contribution is 7.98. The molecule has 3 aromatic carbocycles. The normalized spacial score (nSPS) is 15.8. The van der Waals surface area contributed by atoms with E-state index >= 15 is 0 Å². The highest BCUT2D eigenvalue weighted by Crippen LogP contribution is 2.39. The second-order valence-electron chi connectivity index (χ2n) is 10.4. The number of sulfonamides is 1. The molecule has 11 heteroatoms. The van der Waals surface area contributed by atoms with Gasteiger partial charge in [0.2, 0.25) is 0 Å². The lowest BCUT2D eigenvalue weighted by Crippen LogP contribution is -2.44. The summed E-state index contributed by atoms with van der Waals surface area (Å²) >= 11 is 1.56. The number of hydrogen-bond acceptors (Lipinski definition) is 6. The summed E-state index contributed by atoms with van der Waals surface area (Å²) in [6, 6.07) is 18.2. The number of benzene rings is 3. The second-order valence-corrected chi connectivity index (χ2v) is 13.3. The third-order valence-corrected chi connectivity index (χ3v) is 8.81. The Morgan fingerprint density at radius 1 is 1.00 bits per heavy atom. The molecule has 6 nitrogen and oxygen atoms in total. The van der Waals surface area contributed by atoms with Crippen LogP contribution in [0.25, 0.3) is 0 Å². The number of carbonyl (C=O) groups excluding carboxylic acids is 1. The summed E-state index contributed by atoms with van der Waals surface area (Å²) < 4.78 is 80.4. The minimum Gasteiger partial charge on any atom is -0.485 e. The van der Waals surface area contributed by atoms with Gasteiger partial charge in [-0.25, -0.2) is 8.42 Å². The van der Waals surface area contributed by atoms with E-state index in [1.807, 2.05) is 30.3 Å². The Balaban J connectivity index is 1.65. The monoisotopic (exact) mass is 593 g/mol. The Hall–Kier alpha value is -3.18. The number of hydrogen-bond donors (Lipinski definition) is 0. The van der Waals surface area contributed by atoms with Crippen molar-refractivity contribution in [1.29, 1.82) is 0 Å². The van der Waals surface area contributed by atoms with E-state index in [-0.39, 0.29) is 24.4 Å². The van der Waals surface area contributed by atoms with Gasteiger partial charge >= 0.3 is 12.1 Å². The molecule has 3 aromatic rings. The largest absolute Gasteiger partial charge is 0.485 e. The molecule has 0 radical (unpaired) electrons. The third kappa shape index (κ3) is 7.51. The fourth-order valence-corrected chi connectivity index (χ4v) is 6.70. The molecule has 0 aliphatic carbocycles. The SMILES string of the molecule is CC(C)(C)OC(=O)Cc1ccc2c(c1)N(S(=O)(=O)c1cccc(C(F)(F)F)c1)C[C@H](CSCc1ccccc1)O2. The van der Waals surface area contributed by atoms with Gasteiger partial charge in [0, 0.05) is 11.5 Å². The molecule has 0 aromatic heterocycles. The van der Waals surface area contributed by atoms with Crippen molar-refractivity contribution < 1.29 is 35.9 Å². The quantitative estimate of drug-likeness (QED) is 0.279. The van der Waals surface area contributed by atoms with Crippen LogP contribution in [0, 0.1) is 0 Å². The first-order valence-corrected chi connectivity index (χ1v) is 15.1. The topological polar surface area (TPSA) is 72.9 Å².